The number of hydrogen-bond acceptors (Lipinski definition) is 0. The number of fused-ring (bicyclic) bond motifs is 1. The minimum Gasteiger partial charge on any atom is -0.205 e. The predicted molar refractivity (Wildman–Crippen MR) is 170 cm³/mol. The molecular weight excluding hydrogens is 487 g/mol. The van der Waals surface area contributed by atoms with Crippen LogP contribution in [-0.4, -0.2) is 0 Å². The molecule has 0 atom stereocenters. The lowest BCUT2D eigenvalue weighted by Gasteiger charge is -2.07. The lowest BCUT2D eigenvalue weighted by molar-refractivity contribution is 0.632. The lowest BCUT2D eigenvalue weighted by Crippen LogP contribution is -1.94. The van der Waals surface area contributed by atoms with Gasteiger partial charge < -0.3 is 0 Å². The first-order valence-corrected chi connectivity index (χ1v) is 15.6. The maximum absolute atomic E-state index is 15.3. The molecule has 0 heterocycles. The Balaban J connectivity index is 1.32. The van der Waals surface area contributed by atoms with E-state index in [1.807, 2.05) is 18.2 Å². The Morgan fingerprint density at radius 3 is 1.68 bits per heavy atom. The van der Waals surface area contributed by atoms with Crippen LogP contribution < -0.4 is 0 Å². The molecule has 0 bridgehead atoms. The van der Waals surface area contributed by atoms with Gasteiger partial charge in [0.2, 0.25) is 0 Å². The van der Waals surface area contributed by atoms with Crippen LogP contribution in [0.4, 0.5) is 4.39 Å². The maximum Gasteiger partial charge on any atom is 0.146 e. The second-order valence-corrected chi connectivity index (χ2v) is 11.2. The zero-order chi connectivity index (χ0) is 28.0. The molecule has 0 amide bonds. The highest BCUT2D eigenvalue weighted by Crippen LogP contribution is 2.23. The van der Waals surface area contributed by atoms with Crippen LogP contribution in [0, 0.1) is 17.7 Å². The lowest BCUT2D eigenvalue weighted by atomic mass is 9.98. The average molecular weight is 533 g/mol. The summed E-state index contributed by atoms with van der Waals surface area (Å²) in [7, 11) is 0. The summed E-state index contributed by atoms with van der Waals surface area (Å²) in [5.74, 6) is 6.00. The number of unbranched alkanes of at least 4 members (excludes halogenated alkanes) is 7. The van der Waals surface area contributed by atoms with Crippen LogP contribution in [-0.2, 0) is 25.7 Å². The minimum atomic E-state index is -0.227. The first-order valence-electron chi connectivity index (χ1n) is 15.6. The molecule has 4 aromatic rings. The van der Waals surface area contributed by atoms with Crippen molar-refractivity contribution >= 4 is 10.8 Å². The van der Waals surface area contributed by atoms with E-state index in [1.54, 1.807) is 0 Å². The Labute approximate surface area is 242 Å². The van der Waals surface area contributed by atoms with Crippen LogP contribution in [0.3, 0.4) is 0 Å². The van der Waals surface area contributed by atoms with Gasteiger partial charge in [-0.2, -0.15) is 0 Å². The topological polar surface area (TPSA) is 0 Å². The third-order valence-corrected chi connectivity index (χ3v) is 7.93. The molecule has 4 rings (SSSR count). The summed E-state index contributed by atoms with van der Waals surface area (Å²) in [6.07, 6.45) is 15.9. The summed E-state index contributed by atoms with van der Waals surface area (Å²) in [5.41, 5.74) is 6.76. The number of aryl methyl sites for hydroxylation is 4. The SMILES string of the molecule is CCCCCCCc1ccc(C#Cc2ccc3cc(CCc4ccc(CCCCCC)cc4)ccc3c2F)cc1. The van der Waals surface area contributed by atoms with Crippen molar-refractivity contribution in [2.75, 3.05) is 0 Å². The van der Waals surface area contributed by atoms with Crippen molar-refractivity contribution in [2.24, 2.45) is 0 Å². The third kappa shape index (κ3) is 9.09. The van der Waals surface area contributed by atoms with E-state index in [0.29, 0.717) is 10.9 Å². The molecule has 40 heavy (non-hydrogen) atoms. The summed E-state index contributed by atoms with van der Waals surface area (Å²) in [6, 6.07) is 27.4. The standard InChI is InChI=1S/C39H45F/c1-3-5-7-9-11-13-32-16-20-34(21-17-32)24-26-36-27-28-37-30-35(25-29-38(37)39(36)40)23-22-33-18-14-31(15-19-33)12-10-8-6-4-2/h14-21,25,27-30H,3-13,22-23H2,1-2H3. The normalized spacial score (nSPS) is 11.0. The van der Waals surface area contributed by atoms with E-state index in [0.717, 1.165) is 30.2 Å². The Kier molecular flexibility index (Phi) is 11.9. The van der Waals surface area contributed by atoms with Crippen LogP contribution in [0.5, 0.6) is 0 Å². The molecule has 0 unspecified atom stereocenters. The number of benzene rings is 4. The van der Waals surface area contributed by atoms with Crippen molar-refractivity contribution in [3.05, 3.63) is 118 Å². The number of halogens is 1. The first-order chi connectivity index (χ1) is 19.7. The van der Waals surface area contributed by atoms with Gasteiger partial charge in [-0.1, -0.05) is 131 Å². The van der Waals surface area contributed by atoms with Crippen LogP contribution in [0.2, 0.25) is 0 Å². The molecule has 0 aliphatic rings. The van der Waals surface area contributed by atoms with E-state index in [2.05, 4.69) is 86.4 Å². The van der Waals surface area contributed by atoms with Crippen LogP contribution in [0.25, 0.3) is 10.8 Å². The fraction of sp³-hybridized carbons (Fsp3) is 0.385. The zero-order valence-corrected chi connectivity index (χ0v) is 24.6. The van der Waals surface area contributed by atoms with Gasteiger partial charge in [-0.15, -0.1) is 0 Å². The fourth-order valence-corrected chi connectivity index (χ4v) is 5.34. The molecule has 0 saturated heterocycles. The van der Waals surface area contributed by atoms with Crippen molar-refractivity contribution in [2.45, 2.75) is 97.3 Å². The van der Waals surface area contributed by atoms with Crippen molar-refractivity contribution < 1.29 is 4.39 Å². The molecule has 0 spiro atoms. The summed E-state index contributed by atoms with van der Waals surface area (Å²) in [4.78, 5) is 0. The molecule has 208 valence electrons. The summed E-state index contributed by atoms with van der Waals surface area (Å²) in [6.45, 7) is 4.50. The molecule has 0 N–H and O–H groups in total. The maximum atomic E-state index is 15.3. The minimum absolute atomic E-state index is 0.227. The van der Waals surface area contributed by atoms with Crippen LogP contribution >= 0.6 is 0 Å². The second-order valence-electron chi connectivity index (χ2n) is 11.2. The van der Waals surface area contributed by atoms with E-state index in [1.165, 1.54) is 86.5 Å². The van der Waals surface area contributed by atoms with Gasteiger partial charge in [0, 0.05) is 10.9 Å². The van der Waals surface area contributed by atoms with Gasteiger partial charge in [0.05, 0.1) is 5.56 Å². The molecule has 0 saturated carbocycles. The van der Waals surface area contributed by atoms with E-state index in [4.69, 9.17) is 0 Å². The first kappa shape index (κ1) is 29.6. The van der Waals surface area contributed by atoms with Crippen molar-refractivity contribution in [3.8, 4) is 11.8 Å². The largest absolute Gasteiger partial charge is 0.205 e. The summed E-state index contributed by atoms with van der Waals surface area (Å²) >= 11 is 0. The summed E-state index contributed by atoms with van der Waals surface area (Å²) in [5, 5.41) is 1.58. The fourth-order valence-electron chi connectivity index (χ4n) is 5.34. The number of rotatable bonds is 14. The molecule has 0 radical (unpaired) electrons. The van der Waals surface area contributed by atoms with E-state index in [-0.39, 0.29) is 5.82 Å². The number of hydrogen-bond donors (Lipinski definition) is 0. The van der Waals surface area contributed by atoms with Crippen LogP contribution in [0.15, 0.2) is 78.9 Å². The van der Waals surface area contributed by atoms with Gasteiger partial charge in [-0.05, 0) is 84.4 Å². The highest BCUT2D eigenvalue weighted by molar-refractivity contribution is 5.85. The molecule has 0 aromatic heterocycles. The van der Waals surface area contributed by atoms with Crippen LogP contribution in [0.1, 0.15) is 105 Å². The monoisotopic (exact) mass is 532 g/mol. The van der Waals surface area contributed by atoms with Gasteiger partial charge in [-0.3, -0.25) is 0 Å². The Hall–Kier alpha value is -3.37. The van der Waals surface area contributed by atoms with E-state index in [9.17, 15) is 0 Å². The van der Waals surface area contributed by atoms with Gasteiger partial charge in [0.25, 0.3) is 0 Å². The van der Waals surface area contributed by atoms with Crippen molar-refractivity contribution in [1.82, 2.24) is 0 Å². The Bertz CT molecular complexity index is 1380. The van der Waals surface area contributed by atoms with Gasteiger partial charge in [-0.25, -0.2) is 4.39 Å². The predicted octanol–water partition coefficient (Wildman–Crippen LogP) is 10.8. The quantitative estimate of drug-likeness (QED) is 0.112. The van der Waals surface area contributed by atoms with Crippen molar-refractivity contribution in [1.29, 1.82) is 0 Å². The second kappa shape index (κ2) is 16.0. The van der Waals surface area contributed by atoms with E-state index >= 15 is 4.39 Å². The molecule has 0 aliphatic heterocycles. The van der Waals surface area contributed by atoms with Gasteiger partial charge >= 0.3 is 0 Å². The van der Waals surface area contributed by atoms with Crippen molar-refractivity contribution in [3.63, 3.8) is 0 Å². The smallest absolute Gasteiger partial charge is 0.146 e. The average Bonchev–Trinajstić information content (AvgIpc) is 2.99. The molecular formula is C39H45F. The molecule has 1 heteroatoms. The van der Waals surface area contributed by atoms with Gasteiger partial charge in [0.1, 0.15) is 5.82 Å². The van der Waals surface area contributed by atoms with Gasteiger partial charge in [0.15, 0.2) is 0 Å². The molecule has 4 aromatic carbocycles. The highest BCUT2D eigenvalue weighted by atomic mass is 19.1. The Morgan fingerprint density at radius 2 is 1.02 bits per heavy atom. The zero-order valence-electron chi connectivity index (χ0n) is 24.6. The molecule has 0 fully saturated rings. The highest BCUT2D eigenvalue weighted by Gasteiger charge is 2.07. The Morgan fingerprint density at radius 1 is 0.500 bits per heavy atom. The third-order valence-electron chi connectivity index (χ3n) is 7.93. The molecule has 0 aliphatic carbocycles. The summed E-state index contributed by atoms with van der Waals surface area (Å²) < 4.78 is 15.3. The molecule has 0 nitrogen and oxygen atoms in total. The van der Waals surface area contributed by atoms with E-state index < -0.39 is 0 Å².